The van der Waals surface area contributed by atoms with Gasteiger partial charge in [-0.15, -0.1) is 5.10 Å². The van der Waals surface area contributed by atoms with Gasteiger partial charge in [0.2, 0.25) is 5.69 Å². The Labute approximate surface area is 117 Å². The van der Waals surface area contributed by atoms with Crippen LogP contribution in [0.25, 0.3) is 0 Å². The summed E-state index contributed by atoms with van der Waals surface area (Å²) in [6.45, 7) is 4.02. The van der Waals surface area contributed by atoms with Gasteiger partial charge in [-0.3, -0.25) is 0 Å². The molecule has 0 saturated carbocycles. The first kappa shape index (κ1) is 16.3. The molecule has 9 heteroatoms. The topological polar surface area (TPSA) is 104 Å². The molecule has 8 nitrogen and oxygen atoms in total. The fraction of sp³-hybridized carbons (Fsp3) is 0.636. The van der Waals surface area contributed by atoms with Crippen LogP contribution in [0.4, 0.5) is 0 Å². The van der Waals surface area contributed by atoms with Crippen LogP contribution in [-0.4, -0.2) is 54.3 Å². The Morgan fingerprint density at radius 2 is 1.85 bits per heavy atom. The molecule has 0 aliphatic rings. The van der Waals surface area contributed by atoms with E-state index in [2.05, 4.69) is 19.8 Å². The van der Waals surface area contributed by atoms with Gasteiger partial charge >= 0.3 is 11.9 Å². The molecule has 1 N–H and O–H groups in total. The quantitative estimate of drug-likeness (QED) is 0.600. The number of esters is 2. The minimum absolute atomic E-state index is 0.0308. The number of carbonyl (C=O) groups is 2. The van der Waals surface area contributed by atoms with Gasteiger partial charge in [0.05, 0.1) is 14.2 Å². The van der Waals surface area contributed by atoms with E-state index < -0.39 is 20.3 Å². The number of hydrogen-bond acceptors (Lipinski definition) is 7. The predicted molar refractivity (Wildman–Crippen MR) is 71.8 cm³/mol. The van der Waals surface area contributed by atoms with Crippen LogP contribution in [0, 0.1) is 0 Å². The van der Waals surface area contributed by atoms with Crippen LogP contribution < -0.4 is 0 Å². The van der Waals surface area contributed by atoms with Gasteiger partial charge in [-0.2, -0.15) is 0 Å². The molecule has 0 fully saturated rings. The van der Waals surface area contributed by atoms with Gasteiger partial charge < -0.3 is 14.3 Å². The normalized spacial score (nSPS) is 11.2. The van der Waals surface area contributed by atoms with Crippen molar-refractivity contribution in [2.45, 2.75) is 32.1 Å². The van der Waals surface area contributed by atoms with Crippen molar-refractivity contribution in [1.82, 2.24) is 15.0 Å². The highest BCUT2D eigenvalue weighted by atomic mass is 28.4. The number of hydrogen-bond donors (Lipinski definition) is 1. The van der Waals surface area contributed by atoms with Gasteiger partial charge in [-0.25, -0.2) is 14.3 Å². The smallest absolute Gasteiger partial charge is 0.361 e. The van der Waals surface area contributed by atoms with Crippen LogP contribution in [0.2, 0.25) is 19.1 Å². The van der Waals surface area contributed by atoms with Gasteiger partial charge in [-0.05, 0) is 25.6 Å². The largest absolute Gasteiger partial charge is 0.464 e. The maximum absolute atomic E-state index is 11.7. The molecule has 0 radical (unpaired) electrons. The van der Waals surface area contributed by atoms with Crippen molar-refractivity contribution in [3.63, 3.8) is 0 Å². The van der Waals surface area contributed by atoms with Gasteiger partial charge in [0, 0.05) is 6.54 Å². The first-order chi connectivity index (χ1) is 9.30. The summed E-state index contributed by atoms with van der Waals surface area (Å²) in [7, 11) is 0.254. The number of aromatic nitrogens is 3. The number of nitrogens with zero attached hydrogens (tertiary/aromatic N) is 3. The van der Waals surface area contributed by atoms with Crippen molar-refractivity contribution in [2.24, 2.45) is 0 Å². The lowest BCUT2D eigenvalue weighted by Crippen LogP contribution is -2.25. The molecule has 0 aliphatic carbocycles. The van der Waals surface area contributed by atoms with E-state index in [1.165, 1.54) is 18.9 Å². The van der Waals surface area contributed by atoms with E-state index in [9.17, 15) is 14.4 Å². The van der Waals surface area contributed by atoms with E-state index in [4.69, 9.17) is 0 Å². The minimum Gasteiger partial charge on any atom is -0.464 e. The van der Waals surface area contributed by atoms with Gasteiger partial charge in [-0.1, -0.05) is 5.21 Å². The third-order valence-corrected chi connectivity index (χ3v) is 4.23. The van der Waals surface area contributed by atoms with Gasteiger partial charge in [0.1, 0.15) is 0 Å². The molecule has 0 saturated heterocycles. The molecule has 0 bridgehead atoms. The zero-order valence-corrected chi connectivity index (χ0v) is 13.0. The van der Waals surface area contributed by atoms with Crippen molar-refractivity contribution in [2.75, 3.05) is 14.2 Å². The molecular formula is C11H19N3O5Si. The summed E-state index contributed by atoms with van der Waals surface area (Å²) >= 11 is 0. The molecule has 112 valence electrons. The van der Waals surface area contributed by atoms with E-state index in [1.807, 2.05) is 13.1 Å². The first-order valence-corrected chi connectivity index (χ1v) is 9.28. The highest BCUT2D eigenvalue weighted by molar-refractivity contribution is 6.69. The lowest BCUT2D eigenvalue weighted by atomic mass is 10.3. The van der Waals surface area contributed by atoms with Crippen molar-refractivity contribution in [1.29, 1.82) is 0 Å². The molecule has 1 aromatic rings. The summed E-state index contributed by atoms with van der Waals surface area (Å²) in [6, 6.07) is 0.654. The molecule has 0 amide bonds. The summed E-state index contributed by atoms with van der Waals surface area (Å²) in [6.07, 6.45) is 0.629. The van der Waals surface area contributed by atoms with Crippen LogP contribution >= 0.6 is 0 Å². The van der Waals surface area contributed by atoms with Crippen LogP contribution in [0.1, 0.15) is 27.4 Å². The molecule has 0 spiro atoms. The van der Waals surface area contributed by atoms with Crippen LogP contribution in [-0.2, 0) is 16.0 Å². The highest BCUT2D eigenvalue weighted by Crippen LogP contribution is 2.13. The second-order valence-electron chi connectivity index (χ2n) is 4.91. The molecule has 0 atom stereocenters. The molecule has 1 aromatic heterocycles. The number of aryl methyl sites for hydroxylation is 1. The second kappa shape index (κ2) is 6.62. The number of rotatable bonds is 6. The predicted octanol–water partition coefficient (Wildman–Crippen LogP) is 0.439. The first-order valence-electron chi connectivity index (χ1n) is 6.12. The van der Waals surface area contributed by atoms with Crippen LogP contribution in [0.15, 0.2) is 0 Å². The Hall–Kier alpha value is -1.74. The molecule has 0 aromatic carbocycles. The van der Waals surface area contributed by atoms with E-state index in [0.29, 0.717) is 19.0 Å². The van der Waals surface area contributed by atoms with Crippen molar-refractivity contribution in [3.05, 3.63) is 11.4 Å². The van der Waals surface area contributed by atoms with E-state index in [-0.39, 0.29) is 11.4 Å². The van der Waals surface area contributed by atoms with Gasteiger partial charge in [0.15, 0.2) is 14.0 Å². The van der Waals surface area contributed by atoms with Gasteiger partial charge in [0.25, 0.3) is 0 Å². The number of methoxy groups -OCH3 is 2. The summed E-state index contributed by atoms with van der Waals surface area (Å²) < 4.78 is 10.5. The number of carbonyl (C=O) groups excluding carboxylic acids is 2. The molecule has 1 heterocycles. The standard InChI is InChI=1S/C11H19N3O5Si/c1-18-10(15)8-9(11(16)19-2)14(13-12-8)6-5-7-20(3,4)17/h17H,5-7H2,1-4H3. The molecule has 20 heavy (non-hydrogen) atoms. The maximum Gasteiger partial charge on any atom is 0.361 e. The third kappa shape index (κ3) is 4.13. The average Bonchev–Trinajstić information content (AvgIpc) is 2.79. The molecule has 1 rings (SSSR count). The van der Waals surface area contributed by atoms with Crippen molar-refractivity contribution >= 4 is 20.3 Å². The zero-order valence-electron chi connectivity index (χ0n) is 12.0. The van der Waals surface area contributed by atoms with E-state index in [0.717, 1.165) is 0 Å². The third-order valence-electron chi connectivity index (χ3n) is 2.65. The Balaban J connectivity index is 2.93. The fourth-order valence-corrected chi connectivity index (χ4v) is 2.69. The zero-order chi connectivity index (χ0) is 15.3. The van der Waals surface area contributed by atoms with Crippen LogP contribution in [0.3, 0.4) is 0 Å². The monoisotopic (exact) mass is 301 g/mol. The molecule has 0 unspecified atom stereocenters. The summed E-state index contributed by atoms with van der Waals surface area (Å²) in [4.78, 5) is 33.0. The van der Waals surface area contributed by atoms with Crippen molar-refractivity contribution < 1.29 is 23.9 Å². The fourth-order valence-electron chi connectivity index (χ4n) is 1.66. The van der Waals surface area contributed by atoms with E-state index >= 15 is 0 Å². The van der Waals surface area contributed by atoms with E-state index in [1.54, 1.807) is 0 Å². The second-order valence-corrected chi connectivity index (χ2v) is 9.03. The summed E-state index contributed by atoms with van der Waals surface area (Å²) in [5, 5.41) is 7.43. The highest BCUT2D eigenvalue weighted by Gasteiger charge is 2.27. The Kier molecular flexibility index (Phi) is 5.40. The Morgan fingerprint density at radius 3 is 2.35 bits per heavy atom. The number of ether oxygens (including phenoxy) is 2. The van der Waals surface area contributed by atoms with Crippen LogP contribution in [0.5, 0.6) is 0 Å². The lowest BCUT2D eigenvalue weighted by molar-refractivity contribution is 0.0543. The minimum atomic E-state index is -2.16. The maximum atomic E-state index is 11.7. The van der Waals surface area contributed by atoms with Crippen molar-refractivity contribution in [3.8, 4) is 0 Å². The average molecular weight is 301 g/mol. The lowest BCUT2D eigenvalue weighted by Gasteiger charge is -2.13. The Morgan fingerprint density at radius 1 is 1.25 bits per heavy atom. The Bertz CT molecular complexity index is 495. The molecular weight excluding hydrogens is 282 g/mol. The summed E-state index contributed by atoms with van der Waals surface area (Å²) in [5.74, 6) is -1.44. The SMILES string of the molecule is COC(=O)c1nnn(CCC[Si](C)(C)O)c1C(=O)OC. The summed E-state index contributed by atoms with van der Waals surface area (Å²) in [5.41, 5.74) is -0.198. The molecule has 0 aliphatic heterocycles.